The molecule has 0 spiro atoms. The van der Waals surface area contributed by atoms with Gasteiger partial charge in [0.1, 0.15) is 17.3 Å². The van der Waals surface area contributed by atoms with Gasteiger partial charge in [-0.25, -0.2) is 4.39 Å². The predicted molar refractivity (Wildman–Crippen MR) is 57.7 cm³/mol. The summed E-state index contributed by atoms with van der Waals surface area (Å²) in [6.07, 6.45) is 0. The van der Waals surface area contributed by atoms with Gasteiger partial charge in [-0.3, -0.25) is 0 Å². The fourth-order valence-corrected chi connectivity index (χ4v) is 1.27. The molecule has 0 atom stereocenters. The van der Waals surface area contributed by atoms with E-state index in [0.29, 0.717) is 11.5 Å². The molecule has 0 aliphatic rings. The Morgan fingerprint density at radius 2 is 1.67 bits per heavy atom. The summed E-state index contributed by atoms with van der Waals surface area (Å²) in [5, 5.41) is 0. The lowest BCUT2D eigenvalue weighted by Crippen LogP contribution is -1.84. The summed E-state index contributed by atoms with van der Waals surface area (Å²) in [5.74, 6) is 0.935. The molecule has 0 bridgehead atoms. The number of hydrogen-bond donors (Lipinski definition) is 0. The summed E-state index contributed by atoms with van der Waals surface area (Å²) >= 11 is 0. The molecule has 0 amide bonds. The highest BCUT2D eigenvalue weighted by Gasteiger charge is 1.97. The molecular formula is C13H11FO. The molecule has 2 aromatic rings. The van der Waals surface area contributed by atoms with E-state index in [2.05, 4.69) is 0 Å². The van der Waals surface area contributed by atoms with Crippen LogP contribution in [0.5, 0.6) is 11.5 Å². The normalized spacial score (nSPS) is 10.0. The standard InChI is InChI=1S/C13H11FO/c1-10-5-7-12(8-6-10)15-13-4-2-3-11(14)9-13/h2-9H,1H3. The maximum atomic E-state index is 12.9. The summed E-state index contributed by atoms with van der Waals surface area (Å²) in [5.41, 5.74) is 1.17. The Labute approximate surface area is 88.1 Å². The highest BCUT2D eigenvalue weighted by molar-refractivity contribution is 5.32. The minimum absolute atomic E-state index is 0.292. The molecule has 0 radical (unpaired) electrons. The van der Waals surface area contributed by atoms with Gasteiger partial charge >= 0.3 is 0 Å². The molecule has 0 saturated carbocycles. The highest BCUT2D eigenvalue weighted by Crippen LogP contribution is 2.21. The zero-order valence-electron chi connectivity index (χ0n) is 8.41. The summed E-state index contributed by atoms with van der Waals surface area (Å²) in [7, 11) is 0. The third-order valence-electron chi connectivity index (χ3n) is 2.05. The fourth-order valence-electron chi connectivity index (χ4n) is 1.27. The van der Waals surface area contributed by atoms with E-state index in [4.69, 9.17) is 4.74 Å². The van der Waals surface area contributed by atoms with Crippen LogP contribution in [0, 0.1) is 12.7 Å². The van der Waals surface area contributed by atoms with Crippen LogP contribution in [0.2, 0.25) is 0 Å². The Morgan fingerprint density at radius 3 is 2.33 bits per heavy atom. The van der Waals surface area contributed by atoms with Gasteiger partial charge in [0.25, 0.3) is 0 Å². The number of benzene rings is 2. The number of rotatable bonds is 2. The molecule has 0 aliphatic heterocycles. The van der Waals surface area contributed by atoms with Crippen molar-refractivity contribution in [1.82, 2.24) is 0 Å². The molecule has 0 unspecified atom stereocenters. The van der Waals surface area contributed by atoms with Crippen LogP contribution in [-0.2, 0) is 0 Å². The third-order valence-corrected chi connectivity index (χ3v) is 2.05. The quantitative estimate of drug-likeness (QED) is 0.717. The first-order valence-electron chi connectivity index (χ1n) is 4.74. The lowest BCUT2D eigenvalue weighted by molar-refractivity contribution is 0.476. The van der Waals surface area contributed by atoms with Crippen molar-refractivity contribution in [2.24, 2.45) is 0 Å². The van der Waals surface area contributed by atoms with Gasteiger partial charge in [0.2, 0.25) is 0 Å². The number of ether oxygens (including phenoxy) is 1. The van der Waals surface area contributed by atoms with Crippen molar-refractivity contribution >= 4 is 0 Å². The van der Waals surface area contributed by atoms with Crippen LogP contribution in [0.1, 0.15) is 5.56 Å². The number of hydrogen-bond acceptors (Lipinski definition) is 1. The van der Waals surface area contributed by atoms with Crippen molar-refractivity contribution in [1.29, 1.82) is 0 Å². The maximum absolute atomic E-state index is 12.9. The van der Waals surface area contributed by atoms with E-state index in [1.807, 2.05) is 31.2 Å². The molecule has 2 rings (SSSR count). The van der Waals surface area contributed by atoms with Crippen LogP contribution < -0.4 is 4.74 Å². The second-order valence-electron chi connectivity index (χ2n) is 3.37. The van der Waals surface area contributed by atoms with Crippen LogP contribution in [0.15, 0.2) is 48.5 Å². The largest absolute Gasteiger partial charge is 0.457 e. The summed E-state index contributed by atoms with van der Waals surface area (Å²) < 4.78 is 18.3. The fraction of sp³-hybridized carbons (Fsp3) is 0.0769. The molecule has 15 heavy (non-hydrogen) atoms. The van der Waals surface area contributed by atoms with Crippen molar-refractivity contribution in [3.8, 4) is 11.5 Å². The van der Waals surface area contributed by atoms with E-state index in [9.17, 15) is 4.39 Å². The van der Waals surface area contributed by atoms with E-state index in [1.165, 1.54) is 17.7 Å². The van der Waals surface area contributed by atoms with E-state index in [-0.39, 0.29) is 5.82 Å². The van der Waals surface area contributed by atoms with Gasteiger partial charge in [-0.05, 0) is 31.2 Å². The second-order valence-corrected chi connectivity index (χ2v) is 3.37. The number of halogens is 1. The monoisotopic (exact) mass is 202 g/mol. The topological polar surface area (TPSA) is 9.23 Å². The minimum Gasteiger partial charge on any atom is -0.457 e. The van der Waals surface area contributed by atoms with E-state index >= 15 is 0 Å². The van der Waals surface area contributed by atoms with Crippen LogP contribution in [0.4, 0.5) is 4.39 Å². The van der Waals surface area contributed by atoms with E-state index < -0.39 is 0 Å². The first-order chi connectivity index (χ1) is 7.24. The van der Waals surface area contributed by atoms with Crippen molar-refractivity contribution in [3.63, 3.8) is 0 Å². The van der Waals surface area contributed by atoms with E-state index in [1.54, 1.807) is 12.1 Å². The molecule has 0 fully saturated rings. The Morgan fingerprint density at radius 1 is 0.933 bits per heavy atom. The summed E-state index contributed by atoms with van der Waals surface area (Å²) in [4.78, 5) is 0. The zero-order valence-corrected chi connectivity index (χ0v) is 8.41. The van der Waals surface area contributed by atoms with Crippen LogP contribution >= 0.6 is 0 Å². The van der Waals surface area contributed by atoms with Gasteiger partial charge in [-0.2, -0.15) is 0 Å². The lowest BCUT2D eigenvalue weighted by Gasteiger charge is -2.05. The van der Waals surface area contributed by atoms with Gasteiger partial charge in [-0.1, -0.05) is 23.8 Å². The lowest BCUT2D eigenvalue weighted by atomic mass is 10.2. The average Bonchev–Trinajstić information content (AvgIpc) is 2.22. The van der Waals surface area contributed by atoms with Crippen LogP contribution in [0.25, 0.3) is 0 Å². The van der Waals surface area contributed by atoms with E-state index in [0.717, 1.165) is 0 Å². The highest BCUT2D eigenvalue weighted by atomic mass is 19.1. The third kappa shape index (κ3) is 2.56. The SMILES string of the molecule is Cc1ccc(Oc2cccc(F)c2)cc1. The van der Waals surface area contributed by atoms with Gasteiger partial charge in [-0.15, -0.1) is 0 Å². The zero-order chi connectivity index (χ0) is 10.7. The van der Waals surface area contributed by atoms with Gasteiger partial charge in [0.15, 0.2) is 0 Å². The Hall–Kier alpha value is -1.83. The smallest absolute Gasteiger partial charge is 0.130 e. The maximum Gasteiger partial charge on any atom is 0.130 e. The molecule has 0 N–H and O–H groups in total. The van der Waals surface area contributed by atoms with Crippen molar-refractivity contribution in [2.75, 3.05) is 0 Å². The Balaban J connectivity index is 2.18. The van der Waals surface area contributed by atoms with Crippen molar-refractivity contribution < 1.29 is 9.13 Å². The second kappa shape index (κ2) is 4.13. The predicted octanol–water partition coefficient (Wildman–Crippen LogP) is 3.93. The molecule has 0 heterocycles. The minimum atomic E-state index is -0.292. The van der Waals surface area contributed by atoms with Crippen LogP contribution in [-0.4, -0.2) is 0 Å². The molecule has 2 aromatic carbocycles. The Bertz CT molecular complexity index is 448. The summed E-state index contributed by atoms with van der Waals surface area (Å²) in [6.45, 7) is 2.01. The molecule has 0 saturated heterocycles. The first kappa shape index (κ1) is 9.71. The molecule has 76 valence electrons. The van der Waals surface area contributed by atoms with Crippen molar-refractivity contribution in [2.45, 2.75) is 6.92 Å². The van der Waals surface area contributed by atoms with Crippen LogP contribution in [0.3, 0.4) is 0 Å². The molecule has 2 heteroatoms. The summed E-state index contributed by atoms with van der Waals surface area (Å²) in [6, 6.07) is 13.7. The molecule has 0 aliphatic carbocycles. The molecular weight excluding hydrogens is 191 g/mol. The average molecular weight is 202 g/mol. The van der Waals surface area contributed by atoms with Gasteiger partial charge in [0, 0.05) is 6.07 Å². The molecule has 0 aromatic heterocycles. The van der Waals surface area contributed by atoms with Gasteiger partial charge in [0.05, 0.1) is 0 Å². The first-order valence-corrected chi connectivity index (χ1v) is 4.74. The Kier molecular flexibility index (Phi) is 2.68. The number of aryl methyl sites for hydroxylation is 1. The van der Waals surface area contributed by atoms with Crippen molar-refractivity contribution in [3.05, 3.63) is 59.9 Å². The van der Waals surface area contributed by atoms with Gasteiger partial charge < -0.3 is 4.74 Å². The molecule has 1 nitrogen and oxygen atoms in total.